The van der Waals surface area contributed by atoms with E-state index in [0.29, 0.717) is 0 Å². The van der Waals surface area contributed by atoms with Crippen molar-refractivity contribution in [2.45, 2.75) is 98.8 Å². The maximum Gasteiger partial charge on any atom is 0.181 e. The number of aromatic nitrogens is 3. The van der Waals surface area contributed by atoms with Gasteiger partial charge in [0.05, 0.1) is 5.57 Å². The maximum absolute atomic E-state index is 14.7. The van der Waals surface area contributed by atoms with E-state index in [-0.39, 0.29) is 56.6 Å². The Kier molecular flexibility index (Phi) is 6.09. The van der Waals surface area contributed by atoms with Gasteiger partial charge in [-0.2, -0.15) is 10.4 Å². The lowest BCUT2D eigenvalue weighted by Crippen LogP contribution is -2.64. The number of aromatic amines is 1. The quantitative estimate of drug-likeness (QED) is 0.383. The van der Waals surface area contributed by atoms with E-state index < -0.39 is 10.8 Å². The molecule has 0 radical (unpaired) electrons. The summed E-state index contributed by atoms with van der Waals surface area (Å²) in [6, 6.07) is 12.3. The summed E-state index contributed by atoms with van der Waals surface area (Å²) in [6.45, 7) is 15.7. The van der Waals surface area contributed by atoms with Gasteiger partial charge in [-0.25, -0.2) is 4.98 Å². The third kappa shape index (κ3) is 3.65. The molecule has 6 heteroatoms. The summed E-state index contributed by atoms with van der Waals surface area (Å²) >= 11 is 0. The number of nitrogens with one attached hydrogen (secondary N) is 1. The van der Waals surface area contributed by atoms with Crippen LogP contribution < -0.4 is 0 Å². The first-order valence-electron chi connectivity index (χ1n) is 16.6. The summed E-state index contributed by atoms with van der Waals surface area (Å²) < 4.78 is 0. The predicted octanol–water partition coefficient (Wildman–Crippen LogP) is 7.94. The topological polar surface area (TPSA) is 99.5 Å². The number of benzene rings is 1. The van der Waals surface area contributed by atoms with E-state index in [0.717, 1.165) is 67.7 Å². The summed E-state index contributed by atoms with van der Waals surface area (Å²) in [5.41, 5.74) is 0.733. The zero-order valence-electron chi connectivity index (χ0n) is 27.4. The van der Waals surface area contributed by atoms with Crippen molar-refractivity contribution < 1.29 is 9.59 Å². The molecular weight excluding hydrogens is 544 g/mol. The normalized spacial score (nSPS) is 42.5. The largest absolute Gasteiger partial charge is 0.295 e. The standard InChI is InChI=1S/C38H46N4O2/c1-33(2)27-13-14-37(6)28(36(27,5)20-24(22-39)30(33)44)19-26(43)29-25-21-35(4,16-15-34(25,3)17-18-38(29,37)7)32-40-31(41-42-32)23-11-9-8-10-12-23/h8-12,19-20,25,27,29H,13-18,21H2,1-7H3,(H,40,41,42)/t25-,27-,29?,34+,35-,36-,37+,38+/m0/s1. The Morgan fingerprint density at radius 1 is 0.932 bits per heavy atom. The number of rotatable bonds is 2. The molecule has 1 aromatic carbocycles. The van der Waals surface area contributed by atoms with Gasteiger partial charge < -0.3 is 0 Å². The van der Waals surface area contributed by atoms with E-state index in [9.17, 15) is 14.9 Å². The molecule has 0 bridgehead atoms. The number of carbonyl (C=O) groups is 2. The fraction of sp³-hybridized carbons (Fsp3) is 0.605. The fourth-order valence-corrected chi connectivity index (χ4v) is 11.2. The molecule has 3 saturated carbocycles. The number of carbonyl (C=O) groups excluding carboxylic acids is 2. The van der Waals surface area contributed by atoms with Gasteiger partial charge in [-0.05, 0) is 79.1 Å². The number of nitrogens with zero attached hydrogens (tertiary/aromatic N) is 3. The van der Waals surface area contributed by atoms with Gasteiger partial charge in [-0.1, -0.05) is 90.4 Å². The summed E-state index contributed by atoms with van der Waals surface area (Å²) in [5, 5.41) is 17.9. The molecule has 230 valence electrons. The minimum Gasteiger partial charge on any atom is -0.295 e. The first kappa shape index (κ1) is 29.4. The van der Waals surface area contributed by atoms with Gasteiger partial charge in [0.1, 0.15) is 11.9 Å². The van der Waals surface area contributed by atoms with Crippen LogP contribution in [0, 0.1) is 56.2 Å². The van der Waals surface area contributed by atoms with Gasteiger partial charge in [-0.3, -0.25) is 14.7 Å². The van der Waals surface area contributed by atoms with E-state index >= 15 is 0 Å². The average Bonchev–Trinajstić information content (AvgIpc) is 3.49. The van der Waals surface area contributed by atoms with Crippen molar-refractivity contribution in [3.05, 3.63) is 59.5 Å². The second-order valence-electron chi connectivity index (χ2n) is 16.7. The molecule has 5 aliphatic carbocycles. The molecule has 44 heavy (non-hydrogen) atoms. The number of nitriles is 1. The Morgan fingerprint density at radius 2 is 1.64 bits per heavy atom. The van der Waals surface area contributed by atoms with Crippen LogP contribution in [-0.2, 0) is 15.0 Å². The van der Waals surface area contributed by atoms with Gasteiger partial charge in [0.2, 0.25) is 0 Å². The number of fused-ring (bicyclic) bond motifs is 7. The molecule has 0 amide bonds. The summed E-state index contributed by atoms with van der Waals surface area (Å²) in [5.74, 6) is 2.04. The predicted molar refractivity (Wildman–Crippen MR) is 170 cm³/mol. The molecule has 7 rings (SSSR count). The lowest BCUT2D eigenvalue weighted by atomic mass is 9.34. The number of hydrogen-bond donors (Lipinski definition) is 1. The highest BCUT2D eigenvalue weighted by atomic mass is 16.1. The fourth-order valence-electron chi connectivity index (χ4n) is 11.2. The smallest absolute Gasteiger partial charge is 0.181 e. The van der Waals surface area contributed by atoms with Crippen molar-refractivity contribution in [2.24, 2.45) is 44.8 Å². The third-order valence-corrected chi connectivity index (χ3v) is 14.2. The highest BCUT2D eigenvalue weighted by Gasteiger charge is 2.69. The molecule has 1 N–H and O–H groups in total. The molecule has 2 aromatic rings. The maximum atomic E-state index is 14.7. The molecule has 5 aliphatic rings. The van der Waals surface area contributed by atoms with Gasteiger partial charge in [0.25, 0.3) is 0 Å². The molecule has 6 nitrogen and oxygen atoms in total. The van der Waals surface area contributed by atoms with Crippen LogP contribution in [0.3, 0.4) is 0 Å². The summed E-state index contributed by atoms with van der Waals surface area (Å²) in [7, 11) is 0. The number of Topliss-reactive ketones (excluding diaryl/α,β-unsaturated/α-hetero) is 1. The molecule has 8 atom stereocenters. The van der Waals surface area contributed by atoms with Crippen LogP contribution in [0.4, 0.5) is 0 Å². The van der Waals surface area contributed by atoms with Crippen LogP contribution in [0.15, 0.2) is 53.6 Å². The minimum absolute atomic E-state index is 0.0592. The number of hydrogen-bond acceptors (Lipinski definition) is 5. The number of H-pyrrole nitrogens is 1. The van der Waals surface area contributed by atoms with Crippen LogP contribution in [0.1, 0.15) is 99.2 Å². The molecule has 1 heterocycles. The van der Waals surface area contributed by atoms with E-state index in [1.165, 1.54) is 0 Å². The summed E-state index contributed by atoms with van der Waals surface area (Å²) in [4.78, 5) is 33.0. The molecular formula is C38H46N4O2. The lowest BCUT2D eigenvalue weighted by molar-refractivity contribution is -0.166. The van der Waals surface area contributed by atoms with Crippen molar-refractivity contribution in [1.29, 1.82) is 5.26 Å². The Bertz CT molecular complexity index is 1680. The van der Waals surface area contributed by atoms with E-state index in [1.54, 1.807) is 0 Å². The highest BCUT2D eigenvalue weighted by molar-refractivity contribution is 6.04. The zero-order chi connectivity index (χ0) is 31.5. The van der Waals surface area contributed by atoms with E-state index in [4.69, 9.17) is 4.98 Å². The minimum atomic E-state index is -0.649. The lowest BCUT2D eigenvalue weighted by Gasteiger charge is -2.69. The van der Waals surface area contributed by atoms with Crippen LogP contribution in [0.2, 0.25) is 0 Å². The van der Waals surface area contributed by atoms with E-state index in [2.05, 4.69) is 50.9 Å². The Hall–Kier alpha value is -3.33. The van der Waals surface area contributed by atoms with Gasteiger partial charge in [0, 0.05) is 27.7 Å². The Labute approximate surface area is 261 Å². The van der Waals surface area contributed by atoms with Crippen LogP contribution in [0.25, 0.3) is 11.4 Å². The Balaban J connectivity index is 1.30. The molecule has 0 aliphatic heterocycles. The molecule has 3 fully saturated rings. The first-order valence-corrected chi connectivity index (χ1v) is 16.6. The molecule has 1 unspecified atom stereocenters. The monoisotopic (exact) mass is 590 g/mol. The second-order valence-corrected chi connectivity index (χ2v) is 16.7. The highest BCUT2D eigenvalue weighted by Crippen LogP contribution is 2.74. The van der Waals surface area contributed by atoms with E-state index in [1.807, 2.05) is 56.3 Å². The van der Waals surface area contributed by atoms with Crippen LogP contribution in [0.5, 0.6) is 0 Å². The van der Waals surface area contributed by atoms with Gasteiger partial charge in [-0.15, -0.1) is 0 Å². The third-order valence-electron chi connectivity index (χ3n) is 14.2. The first-order chi connectivity index (χ1) is 20.6. The SMILES string of the molecule is CC1(C)C(=O)C(C#N)=C[C@]2(C)C3=CC(=O)C4[C@@H]5C[C@@](C)(c6nc(-c7ccccc7)n[nH]6)CC[C@]5(C)CC[C@@]4(C)[C@]3(C)CC[C@@H]12. The van der Waals surface area contributed by atoms with Crippen LogP contribution in [-0.4, -0.2) is 26.7 Å². The zero-order valence-corrected chi connectivity index (χ0v) is 27.4. The van der Waals surface area contributed by atoms with Crippen molar-refractivity contribution in [1.82, 2.24) is 15.2 Å². The van der Waals surface area contributed by atoms with Gasteiger partial charge >= 0.3 is 0 Å². The molecule has 1 aromatic heterocycles. The molecule has 0 saturated heterocycles. The van der Waals surface area contributed by atoms with Crippen molar-refractivity contribution >= 4 is 11.6 Å². The van der Waals surface area contributed by atoms with Gasteiger partial charge in [0.15, 0.2) is 17.4 Å². The second kappa shape index (κ2) is 9.12. The van der Waals surface area contributed by atoms with Crippen molar-refractivity contribution in [3.8, 4) is 17.5 Å². The average molecular weight is 591 g/mol. The molecule has 0 spiro atoms. The van der Waals surface area contributed by atoms with Crippen molar-refractivity contribution in [3.63, 3.8) is 0 Å². The number of allylic oxidation sites excluding steroid dienone is 4. The van der Waals surface area contributed by atoms with Crippen molar-refractivity contribution in [2.75, 3.05) is 0 Å². The Morgan fingerprint density at radius 3 is 2.34 bits per heavy atom. The summed E-state index contributed by atoms with van der Waals surface area (Å²) in [6.07, 6.45) is 10.9. The van der Waals surface area contributed by atoms with Crippen LogP contribution >= 0.6 is 0 Å². The number of ketones is 2.